The van der Waals surface area contributed by atoms with Crippen LogP contribution >= 0.6 is 38.9 Å². The molecular formula is C10H9BrClN3S. The van der Waals surface area contributed by atoms with Gasteiger partial charge in [0.25, 0.3) is 0 Å². The van der Waals surface area contributed by atoms with E-state index in [2.05, 4.69) is 37.3 Å². The van der Waals surface area contributed by atoms with Crippen LogP contribution < -0.4 is 4.90 Å². The van der Waals surface area contributed by atoms with E-state index >= 15 is 0 Å². The first-order valence-electron chi connectivity index (χ1n) is 4.58. The van der Waals surface area contributed by atoms with Crippen molar-refractivity contribution in [1.29, 1.82) is 0 Å². The maximum absolute atomic E-state index is 5.74. The molecular weight excluding hydrogens is 310 g/mol. The van der Waals surface area contributed by atoms with E-state index in [1.54, 1.807) is 17.5 Å². The van der Waals surface area contributed by atoms with E-state index < -0.39 is 0 Å². The minimum Gasteiger partial charge on any atom is -0.354 e. The fourth-order valence-electron chi connectivity index (χ4n) is 1.29. The molecule has 0 aliphatic rings. The molecule has 0 saturated carbocycles. The summed E-state index contributed by atoms with van der Waals surface area (Å²) < 4.78 is 1.11. The standard InChI is InChI=1S/C10H9BrClN3S/c1-15(5-8-4-7(11)6-16-8)9-2-3-13-10(12)14-9/h2-4,6H,5H2,1H3. The quantitative estimate of drug-likeness (QED) is 0.810. The van der Waals surface area contributed by atoms with Gasteiger partial charge in [0.05, 0.1) is 6.54 Å². The highest BCUT2D eigenvalue weighted by molar-refractivity contribution is 9.10. The molecule has 0 unspecified atom stereocenters. The van der Waals surface area contributed by atoms with E-state index in [4.69, 9.17) is 11.6 Å². The molecule has 0 aliphatic heterocycles. The maximum atomic E-state index is 5.74. The van der Waals surface area contributed by atoms with E-state index in [9.17, 15) is 0 Å². The van der Waals surface area contributed by atoms with Gasteiger partial charge in [0, 0.05) is 28.0 Å². The third-order valence-electron chi connectivity index (χ3n) is 2.02. The average Bonchev–Trinajstić information content (AvgIpc) is 2.64. The van der Waals surface area contributed by atoms with Gasteiger partial charge < -0.3 is 4.90 Å². The SMILES string of the molecule is CN(Cc1cc(Br)cs1)c1ccnc(Cl)n1. The molecule has 0 bridgehead atoms. The first-order valence-corrected chi connectivity index (χ1v) is 6.63. The molecule has 16 heavy (non-hydrogen) atoms. The summed E-state index contributed by atoms with van der Waals surface area (Å²) in [6, 6.07) is 3.94. The molecule has 84 valence electrons. The summed E-state index contributed by atoms with van der Waals surface area (Å²) in [7, 11) is 1.98. The molecule has 2 heterocycles. The molecule has 0 saturated heterocycles. The Labute approximate surface area is 111 Å². The molecule has 0 fully saturated rings. The molecule has 2 aromatic heterocycles. The maximum Gasteiger partial charge on any atom is 0.224 e. The summed E-state index contributed by atoms with van der Waals surface area (Å²) in [6.07, 6.45) is 1.66. The first-order chi connectivity index (χ1) is 7.65. The van der Waals surface area contributed by atoms with Crippen LogP contribution in [0.25, 0.3) is 0 Å². The number of nitrogens with zero attached hydrogens (tertiary/aromatic N) is 3. The number of aromatic nitrogens is 2. The molecule has 0 radical (unpaired) electrons. The molecule has 3 nitrogen and oxygen atoms in total. The van der Waals surface area contributed by atoms with Crippen molar-refractivity contribution < 1.29 is 0 Å². The van der Waals surface area contributed by atoms with Crippen molar-refractivity contribution in [2.75, 3.05) is 11.9 Å². The number of halogens is 2. The minimum atomic E-state index is 0.275. The van der Waals surface area contributed by atoms with E-state index in [0.717, 1.165) is 16.8 Å². The normalized spacial score (nSPS) is 10.4. The number of anilines is 1. The average molecular weight is 319 g/mol. The lowest BCUT2D eigenvalue weighted by molar-refractivity contribution is 0.904. The number of hydrogen-bond donors (Lipinski definition) is 0. The zero-order valence-electron chi connectivity index (χ0n) is 8.52. The summed E-state index contributed by atoms with van der Waals surface area (Å²) in [4.78, 5) is 11.3. The Kier molecular flexibility index (Phi) is 3.78. The molecule has 0 atom stereocenters. The largest absolute Gasteiger partial charge is 0.354 e. The Morgan fingerprint density at radius 1 is 1.56 bits per heavy atom. The molecule has 2 aromatic rings. The molecule has 6 heteroatoms. The van der Waals surface area contributed by atoms with Gasteiger partial charge in [-0.25, -0.2) is 9.97 Å². The zero-order valence-corrected chi connectivity index (χ0v) is 11.7. The second-order valence-corrected chi connectivity index (χ2v) is 5.52. The van der Waals surface area contributed by atoms with Gasteiger partial charge >= 0.3 is 0 Å². The summed E-state index contributed by atoms with van der Waals surface area (Å²) in [5, 5.41) is 2.34. The van der Waals surface area contributed by atoms with Crippen molar-refractivity contribution in [3.05, 3.63) is 38.3 Å². The van der Waals surface area contributed by atoms with Gasteiger partial charge in [-0.2, -0.15) is 0 Å². The summed E-state index contributed by atoms with van der Waals surface area (Å²) >= 11 is 10.9. The van der Waals surface area contributed by atoms with Gasteiger partial charge in [0.2, 0.25) is 5.28 Å². The zero-order chi connectivity index (χ0) is 11.5. The van der Waals surface area contributed by atoms with Crippen molar-refractivity contribution in [2.24, 2.45) is 0 Å². The lowest BCUT2D eigenvalue weighted by Crippen LogP contribution is -2.17. The minimum absolute atomic E-state index is 0.275. The second kappa shape index (κ2) is 5.12. The van der Waals surface area contributed by atoms with Crippen molar-refractivity contribution in [1.82, 2.24) is 9.97 Å². The van der Waals surface area contributed by atoms with Gasteiger partial charge in [-0.15, -0.1) is 11.3 Å². The number of thiophene rings is 1. The van der Waals surface area contributed by atoms with E-state index in [0.29, 0.717) is 0 Å². The fourth-order valence-corrected chi connectivity index (χ4v) is 2.94. The summed E-state index contributed by atoms with van der Waals surface area (Å²) in [6.45, 7) is 0.809. The van der Waals surface area contributed by atoms with Crippen LogP contribution in [-0.4, -0.2) is 17.0 Å². The molecule has 0 aromatic carbocycles. The highest BCUT2D eigenvalue weighted by atomic mass is 79.9. The highest BCUT2D eigenvalue weighted by Gasteiger charge is 2.06. The predicted molar refractivity (Wildman–Crippen MR) is 71.2 cm³/mol. The fraction of sp³-hybridized carbons (Fsp3) is 0.200. The van der Waals surface area contributed by atoms with Crippen LogP contribution in [0.1, 0.15) is 4.88 Å². The molecule has 0 amide bonds. The first kappa shape index (κ1) is 11.8. The predicted octanol–water partition coefficient (Wildman–Crippen LogP) is 3.59. The molecule has 0 spiro atoms. The monoisotopic (exact) mass is 317 g/mol. The van der Waals surface area contributed by atoms with Crippen LogP contribution in [0.5, 0.6) is 0 Å². The third kappa shape index (κ3) is 2.93. The van der Waals surface area contributed by atoms with Crippen LogP contribution in [0.3, 0.4) is 0 Å². The Balaban J connectivity index is 2.11. The van der Waals surface area contributed by atoms with E-state index in [-0.39, 0.29) is 5.28 Å². The lowest BCUT2D eigenvalue weighted by atomic mass is 10.4. The number of rotatable bonds is 3. The highest BCUT2D eigenvalue weighted by Crippen LogP contribution is 2.22. The summed E-state index contributed by atoms with van der Waals surface area (Å²) in [5.74, 6) is 0.824. The van der Waals surface area contributed by atoms with Gasteiger partial charge in [-0.1, -0.05) is 0 Å². The van der Waals surface area contributed by atoms with Crippen LogP contribution in [0.4, 0.5) is 5.82 Å². The van der Waals surface area contributed by atoms with Crippen LogP contribution in [0.15, 0.2) is 28.2 Å². The van der Waals surface area contributed by atoms with Gasteiger partial charge in [0.1, 0.15) is 5.82 Å². The van der Waals surface area contributed by atoms with E-state index in [1.165, 1.54) is 4.88 Å². The van der Waals surface area contributed by atoms with Gasteiger partial charge in [-0.3, -0.25) is 0 Å². The second-order valence-electron chi connectivity index (χ2n) is 3.27. The lowest BCUT2D eigenvalue weighted by Gasteiger charge is -2.16. The van der Waals surface area contributed by atoms with Crippen LogP contribution in [-0.2, 0) is 6.54 Å². The van der Waals surface area contributed by atoms with Crippen LogP contribution in [0, 0.1) is 0 Å². The molecule has 0 N–H and O–H groups in total. The Bertz CT molecular complexity index is 488. The Morgan fingerprint density at radius 2 is 2.38 bits per heavy atom. The molecule has 2 rings (SSSR count). The number of hydrogen-bond acceptors (Lipinski definition) is 4. The van der Waals surface area contributed by atoms with Crippen molar-refractivity contribution >= 4 is 44.7 Å². The topological polar surface area (TPSA) is 29.0 Å². The van der Waals surface area contributed by atoms with Crippen molar-refractivity contribution in [3.8, 4) is 0 Å². The smallest absolute Gasteiger partial charge is 0.224 e. The third-order valence-corrected chi connectivity index (χ3v) is 3.88. The van der Waals surface area contributed by atoms with Gasteiger partial charge in [-0.05, 0) is 39.7 Å². The van der Waals surface area contributed by atoms with Gasteiger partial charge in [0.15, 0.2) is 0 Å². The van der Waals surface area contributed by atoms with Crippen molar-refractivity contribution in [3.63, 3.8) is 0 Å². The Morgan fingerprint density at radius 3 is 3.00 bits per heavy atom. The van der Waals surface area contributed by atoms with E-state index in [1.807, 2.05) is 18.0 Å². The summed E-state index contributed by atoms with van der Waals surface area (Å²) in [5.41, 5.74) is 0. The van der Waals surface area contributed by atoms with Crippen molar-refractivity contribution in [2.45, 2.75) is 6.54 Å². The van der Waals surface area contributed by atoms with Crippen LogP contribution in [0.2, 0.25) is 5.28 Å². The Hall–Kier alpha value is -0.650. The molecule has 0 aliphatic carbocycles.